The van der Waals surface area contributed by atoms with Crippen molar-refractivity contribution >= 4 is 33.1 Å². The van der Waals surface area contributed by atoms with Gasteiger partial charge < -0.3 is 0 Å². The summed E-state index contributed by atoms with van der Waals surface area (Å²) in [4.78, 5) is 33.9. The molecule has 0 fully saturated rings. The van der Waals surface area contributed by atoms with Crippen molar-refractivity contribution in [2.75, 3.05) is 0 Å². The van der Waals surface area contributed by atoms with Crippen LogP contribution < -0.4 is 0 Å². The van der Waals surface area contributed by atoms with Gasteiger partial charge in [-0.15, -0.1) is 0 Å². The largest absolute Gasteiger partial charge is 0.289 e. The number of carbonyl (C=O) groups excluding carboxylic acids is 2. The minimum absolute atomic E-state index is 0.0942. The first kappa shape index (κ1) is 20.4. The standard InChI is InChI=1S/2C16H9NO/c2*18-16-12-6-2-1-5-11(12)15-14-10(8-9-17-15)4-3-7-13(14)16/h2*1-9H. The lowest BCUT2D eigenvalue weighted by molar-refractivity contribution is 0.103. The summed E-state index contributed by atoms with van der Waals surface area (Å²) in [6.45, 7) is 0. The molecule has 0 radical (unpaired) electrons. The lowest BCUT2D eigenvalue weighted by atomic mass is 9.86. The van der Waals surface area contributed by atoms with Crippen LogP contribution in [0.3, 0.4) is 0 Å². The Balaban J connectivity index is 0.000000122. The van der Waals surface area contributed by atoms with Crippen LogP contribution in [0.5, 0.6) is 0 Å². The van der Waals surface area contributed by atoms with E-state index in [1.54, 1.807) is 12.4 Å². The lowest BCUT2D eigenvalue weighted by Gasteiger charge is -2.18. The van der Waals surface area contributed by atoms with E-state index in [-0.39, 0.29) is 11.6 Å². The van der Waals surface area contributed by atoms with E-state index in [1.165, 1.54) is 0 Å². The van der Waals surface area contributed by atoms with Crippen molar-refractivity contribution in [2.24, 2.45) is 0 Å². The molecule has 0 N–H and O–H groups in total. The Morgan fingerprint density at radius 3 is 1.22 bits per heavy atom. The van der Waals surface area contributed by atoms with Crippen molar-refractivity contribution in [3.05, 3.63) is 132 Å². The van der Waals surface area contributed by atoms with Gasteiger partial charge in [0.05, 0.1) is 11.4 Å². The highest BCUT2D eigenvalue weighted by molar-refractivity contribution is 6.26. The second-order valence-corrected chi connectivity index (χ2v) is 8.88. The average molecular weight is 463 g/mol. The summed E-state index contributed by atoms with van der Waals surface area (Å²) in [6, 6.07) is 30.9. The lowest BCUT2D eigenvalue weighted by Crippen LogP contribution is -2.10. The van der Waals surface area contributed by atoms with Gasteiger partial charge in [-0.05, 0) is 22.9 Å². The number of carbonyl (C=O) groups is 2. The van der Waals surface area contributed by atoms with Gasteiger partial charge >= 0.3 is 0 Å². The number of hydrogen-bond donors (Lipinski definition) is 0. The molecule has 0 saturated carbocycles. The molecule has 2 heterocycles. The van der Waals surface area contributed by atoms with Gasteiger partial charge in [-0.3, -0.25) is 19.6 Å². The summed E-state index contributed by atoms with van der Waals surface area (Å²) >= 11 is 0. The fraction of sp³-hybridized carbons (Fsp3) is 0. The molecule has 2 aliphatic carbocycles. The highest BCUT2D eigenvalue weighted by atomic mass is 16.1. The Bertz CT molecular complexity index is 1740. The van der Waals surface area contributed by atoms with Crippen LogP contribution in [-0.4, -0.2) is 21.5 Å². The van der Waals surface area contributed by atoms with E-state index in [9.17, 15) is 9.59 Å². The molecule has 2 aromatic heterocycles. The van der Waals surface area contributed by atoms with Gasteiger partial charge in [0.2, 0.25) is 0 Å². The molecule has 4 aromatic carbocycles. The van der Waals surface area contributed by atoms with E-state index in [2.05, 4.69) is 9.97 Å². The Morgan fingerprint density at radius 1 is 0.389 bits per heavy atom. The van der Waals surface area contributed by atoms with Crippen molar-refractivity contribution in [3.63, 3.8) is 0 Å². The molecular formula is C32H18N2O2. The van der Waals surface area contributed by atoms with Crippen LogP contribution in [0.25, 0.3) is 44.1 Å². The number of rotatable bonds is 0. The quantitative estimate of drug-likeness (QED) is 0.246. The fourth-order valence-electron chi connectivity index (χ4n) is 5.31. The van der Waals surface area contributed by atoms with Gasteiger partial charge in [-0.25, -0.2) is 0 Å². The zero-order chi connectivity index (χ0) is 24.2. The number of hydrogen-bond acceptors (Lipinski definition) is 4. The van der Waals surface area contributed by atoms with Crippen molar-refractivity contribution in [1.29, 1.82) is 0 Å². The van der Waals surface area contributed by atoms with E-state index in [0.29, 0.717) is 0 Å². The van der Waals surface area contributed by atoms with Gasteiger partial charge in [0, 0.05) is 56.5 Å². The first-order valence-electron chi connectivity index (χ1n) is 11.8. The maximum atomic E-state index is 12.5. The van der Waals surface area contributed by atoms with Crippen molar-refractivity contribution < 1.29 is 9.59 Å². The van der Waals surface area contributed by atoms with Gasteiger partial charge in [0.15, 0.2) is 11.6 Å². The zero-order valence-corrected chi connectivity index (χ0v) is 19.1. The summed E-state index contributed by atoms with van der Waals surface area (Å²) in [5.41, 5.74) is 6.71. The zero-order valence-electron chi connectivity index (χ0n) is 19.1. The van der Waals surface area contributed by atoms with E-state index in [4.69, 9.17) is 0 Å². The summed E-state index contributed by atoms with van der Waals surface area (Å²) in [6.07, 6.45) is 3.60. The number of nitrogens with zero attached hydrogens (tertiary/aromatic N) is 2. The van der Waals surface area contributed by atoms with E-state index in [1.807, 2.05) is 97.1 Å². The molecule has 36 heavy (non-hydrogen) atoms. The first-order valence-corrected chi connectivity index (χ1v) is 11.8. The monoisotopic (exact) mass is 462 g/mol. The molecule has 0 aliphatic heterocycles. The molecule has 6 aromatic rings. The SMILES string of the molecule is O=C1c2ccccc2-c2nccc3cccc1c23.O=C1c2ccccc2-c2nccc3cccc1c23. The molecule has 0 amide bonds. The number of aromatic nitrogens is 2. The third-order valence-electron chi connectivity index (χ3n) is 6.93. The summed E-state index contributed by atoms with van der Waals surface area (Å²) in [7, 11) is 0. The third kappa shape index (κ3) is 2.88. The van der Waals surface area contributed by atoms with E-state index < -0.39 is 0 Å². The Labute approximate surface area is 206 Å². The Morgan fingerprint density at radius 2 is 0.778 bits per heavy atom. The van der Waals surface area contributed by atoms with Gasteiger partial charge in [0.1, 0.15) is 0 Å². The highest BCUT2D eigenvalue weighted by Gasteiger charge is 2.26. The van der Waals surface area contributed by atoms with E-state index in [0.717, 1.165) is 66.3 Å². The van der Waals surface area contributed by atoms with Crippen molar-refractivity contribution in [2.45, 2.75) is 0 Å². The predicted molar refractivity (Wildman–Crippen MR) is 141 cm³/mol. The van der Waals surface area contributed by atoms with Crippen LogP contribution >= 0.6 is 0 Å². The number of ketones is 2. The first-order chi connectivity index (χ1) is 17.7. The van der Waals surface area contributed by atoms with Gasteiger partial charge in [-0.1, -0.05) is 84.9 Å². The second-order valence-electron chi connectivity index (χ2n) is 8.88. The van der Waals surface area contributed by atoms with Crippen molar-refractivity contribution in [1.82, 2.24) is 9.97 Å². The normalized spacial score (nSPS) is 12.6. The fourth-order valence-corrected chi connectivity index (χ4v) is 5.31. The summed E-state index contributed by atoms with van der Waals surface area (Å²) in [5.74, 6) is 0.188. The molecule has 0 spiro atoms. The molecule has 2 aliphatic rings. The Kier molecular flexibility index (Phi) is 4.42. The molecule has 0 unspecified atom stereocenters. The predicted octanol–water partition coefficient (Wildman–Crippen LogP) is 6.89. The van der Waals surface area contributed by atoms with Gasteiger partial charge in [-0.2, -0.15) is 0 Å². The van der Waals surface area contributed by atoms with Crippen LogP contribution in [-0.2, 0) is 0 Å². The molecule has 0 saturated heterocycles. The number of benzene rings is 4. The number of pyridine rings is 2. The van der Waals surface area contributed by atoms with Crippen LogP contribution in [0.2, 0.25) is 0 Å². The Hall–Kier alpha value is -4.96. The smallest absolute Gasteiger partial charge is 0.194 e. The molecule has 0 bridgehead atoms. The topological polar surface area (TPSA) is 59.9 Å². The molecular weight excluding hydrogens is 444 g/mol. The highest BCUT2D eigenvalue weighted by Crippen LogP contribution is 2.38. The van der Waals surface area contributed by atoms with Crippen LogP contribution in [0.1, 0.15) is 31.8 Å². The molecule has 0 atom stereocenters. The summed E-state index contributed by atoms with van der Waals surface area (Å²) in [5, 5.41) is 4.09. The maximum Gasteiger partial charge on any atom is 0.194 e. The molecule has 4 heteroatoms. The maximum absolute atomic E-state index is 12.5. The summed E-state index contributed by atoms with van der Waals surface area (Å²) < 4.78 is 0. The minimum atomic E-state index is 0.0942. The van der Waals surface area contributed by atoms with Crippen LogP contribution in [0.4, 0.5) is 0 Å². The minimum Gasteiger partial charge on any atom is -0.289 e. The van der Waals surface area contributed by atoms with Crippen molar-refractivity contribution in [3.8, 4) is 22.5 Å². The molecule has 8 rings (SSSR count). The molecule has 4 nitrogen and oxygen atoms in total. The second kappa shape index (κ2) is 7.79. The van der Waals surface area contributed by atoms with E-state index >= 15 is 0 Å². The third-order valence-corrected chi connectivity index (χ3v) is 6.93. The van der Waals surface area contributed by atoms with Crippen LogP contribution in [0, 0.1) is 0 Å². The average Bonchev–Trinajstić information content (AvgIpc) is 2.95. The van der Waals surface area contributed by atoms with Gasteiger partial charge in [0.25, 0.3) is 0 Å². The molecule has 168 valence electrons. The van der Waals surface area contributed by atoms with Crippen LogP contribution in [0.15, 0.2) is 109 Å². The number of fused-ring (bicyclic) bond motifs is 4.